The lowest BCUT2D eigenvalue weighted by Gasteiger charge is -2.16. The first-order chi connectivity index (χ1) is 8.00. The molecule has 1 aromatic rings. The Labute approximate surface area is 105 Å². The van der Waals surface area contributed by atoms with Gasteiger partial charge in [0.15, 0.2) is 5.78 Å². The Morgan fingerprint density at radius 3 is 2.65 bits per heavy atom. The number of Topliss-reactive ketones (excluding diaryl/α,β-unsaturated/α-hetero) is 1. The second-order valence-corrected chi connectivity index (χ2v) is 5.24. The monoisotopic (exact) mass is 255 g/mol. The largest absolute Gasteiger partial charge is 0.481 e. The molecule has 5 heteroatoms. The van der Waals surface area contributed by atoms with Gasteiger partial charge in [-0.1, -0.05) is 19.9 Å². The molecule has 17 heavy (non-hydrogen) atoms. The first kappa shape index (κ1) is 13.9. The molecule has 1 aromatic heterocycles. The summed E-state index contributed by atoms with van der Waals surface area (Å²) >= 11 is 1.34. The number of hydrogen-bond acceptors (Lipinski definition) is 4. The van der Waals surface area contributed by atoms with Gasteiger partial charge in [0.1, 0.15) is 0 Å². The van der Waals surface area contributed by atoms with Gasteiger partial charge in [-0.15, -0.1) is 11.3 Å². The van der Waals surface area contributed by atoms with Crippen molar-refractivity contribution in [2.75, 3.05) is 6.54 Å². The molecule has 94 valence electrons. The summed E-state index contributed by atoms with van der Waals surface area (Å²) in [6, 6.07) is 2.88. The summed E-state index contributed by atoms with van der Waals surface area (Å²) in [7, 11) is 0. The standard InChI is InChI=1S/C12H17NO3S/c1-8(2)7-13-9(6-11(14)15)12(16)10-4-3-5-17-10/h3-5,8-9,13H,6-7H2,1-2H3,(H,14,15). The molecule has 1 rings (SSSR count). The third-order valence-corrected chi connectivity index (χ3v) is 3.12. The van der Waals surface area contributed by atoms with Crippen LogP contribution in [0.1, 0.15) is 29.9 Å². The van der Waals surface area contributed by atoms with Gasteiger partial charge < -0.3 is 10.4 Å². The Morgan fingerprint density at radius 1 is 1.47 bits per heavy atom. The molecule has 1 unspecified atom stereocenters. The molecule has 0 bridgehead atoms. The third kappa shape index (κ3) is 4.66. The maximum atomic E-state index is 12.0. The number of carbonyl (C=O) groups excluding carboxylic acids is 1. The minimum Gasteiger partial charge on any atom is -0.481 e. The highest BCUT2D eigenvalue weighted by atomic mass is 32.1. The molecule has 0 saturated carbocycles. The fourth-order valence-electron chi connectivity index (χ4n) is 1.40. The number of ketones is 1. The van der Waals surface area contributed by atoms with E-state index in [0.29, 0.717) is 17.3 Å². The lowest BCUT2D eigenvalue weighted by atomic mass is 10.1. The Hall–Kier alpha value is -1.20. The van der Waals surface area contributed by atoms with Crippen molar-refractivity contribution in [3.63, 3.8) is 0 Å². The van der Waals surface area contributed by atoms with Crippen LogP contribution in [0, 0.1) is 5.92 Å². The van der Waals surface area contributed by atoms with Crippen molar-refractivity contribution in [1.29, 1.82) is 0 Å². The topological polar surface area (TPSA) is 66.4 Å². The van der Waals surface area contributed by atoms with E-state index >= 15 is 0 Å². The van der Waals surface area contributed by atoms with Crippen LogP contribution in [0.4, 0.5) is 0 Å². The van der Waals surface area contributed by atoms with Gasteiger partial charge in [0.05, 0.1) is 17.3 Å². The van der Waals surface area contributed by atoms with Crippen LogP contribution in [0.15, 0.2) is 17.5 Å². The number of hydrogen-bond donors (Lipinski definition) is 2. The molecule has 0 saturated heterocycles. The minimum absolute atomic E-state index is 0.136. The number of thiophene rings is 1. The smallest absolute Gasteiger partial charge is 0.305 e. The van der Waals surface area contributed by atoms with Gasteiger partial charge in [0.2, 0.25) is 0 Å². The molecule has 1 heterocycles. The first-order valence-corrected chi connectivity index (χ1v) is 6.41. The van der Waals surface area contributed by atoms with Gasteiger partial charge >= 0.3 is 5.97 Å². The quantitative estimate of drug-likeness (QED) is 0.731. The molecule has 0 amide bonds. The molecular weight excluding hydrogens is 238 g/mol. The maximum Gasteiger partial charge on any atom is 0.305 e. The summed E-state index contributed by atoms with van der Waals surface area (Å²) in [6.45, 7) is 4.66. The van der Waals surface area contributed by atoms with E-state index in [2.05, 4.69) is 5.32 Å². The Kier molecular flexibility index (Phi) is 5.31. The number of rotatable bonds is 7. The van der Waals surface area contributed by atoms with E-state index < -0.39 is 12.0 Å². The van der Waals surface area contributed by atoms with E-state index in [1.165, 1.54) is 11.3 Å². The fraction of sp³-hybridized carbons (Fsp3) is 0.500. The van der Waals surface area contributed by atoms with Gasteiger partial charge in [0.25, 0.3) is 0 Å². The Balaban J connectivity index is 2.68. The SMILES string of the molecule is CC(C)CNC(CC(=O)O)C(=O)c1cccs1. The van der Waals surface area contributed by atoms with E-state index in [0.717, 1.165) is 0 Å². The predicted octanol–water partition coefficient (Wildman–Crippen LogP) is 2.02. The molecule has 2 N–H and O–H groups in total. The van der Waals surface area contributed by atoms with Crippen LogP contribution in [-0.2, 0) is 4.79 Å². The number of carboxylic acids is 1. The van der Waals surface area contributed by atoms with Gasteiger partial charge in [0, 0.05) is 0 Å². The summed E-state index contributed by atoms with van der Waals surface area (Å²) in [6.07, 6.45) is -0.177. The lowest BCUT2D eigenvalue weighted by Crippen LogP contribution is -2.40. The van der Waals surface area contributed by atoms with Gasteiger partial charge in [-0.25, -0.2) is 0 Å². The van der Waals surface area contributed by atoms with Crippen LogP contribution in [0.5, 0.6) is 0 Å². The van der Waals surface area contributed by atoms with Gasteiger partial charge in [-0.3, -0.25) is 9.59 Å². The van der Waals surface area contributed by atoms with Crippen LogP contribution < -0.4 is 5.32 Å². The van der Waals surface area contributed by atoms with Crippen molar-refractivity contribution in [2.24, 2.45) is 5.92 Å². The summed E-state index contributed by atoms with van der Waals surface area (Å²) in [4.78, 5) is 23.4. The molecule has 0 aromatic carbocycles. The summed E-state index contributed by atoms with van der Waals surface area (Å²) in [5.74, 6) is -0.721. The highest BCUT2D eigenvalue weighted by molar-refractivity contribution is 7.12. The van der Waals surface area contributed by atoms with Crippen molar-refractivity contribution in [2.45, 2.75) is 26.3 Å². The summed E-state index contributed by atoms with van der Waals surface area (Å²) in [5, 5.41) is 13.6. The zero-order chi connectivity index (χ0) is 12.8. The Bertz CT molecular complexity index is 373. The molecule has 0 aliphatic heterocycles. The zero-order valence-corrected chi connectivity index (χ0v) is 10.8. The van der Waals surface area contributed by atoms with E-state index in [4.69, 9.17) is 5.11 Å². The molecule has 0 fully saturated rings. The molecule has 0 aliphatic carbocycles. The second kappa shape index (κ2) is 6.51. The minimum atomic E-state index is -0.962. The number of aliphatic carboxylic acids is 1. The van der Waals surface area contributed by atoms with Gasteiger partial charge in [-0.2, -0.15) is 0 Å². The lowest BCUT2D eigenvalue weighted by molar-refractivity contribution is -0.137. The number of carbonyl (C=O) groups is 2. The molecule has 1 atom stereocenters. The molecule has 0 aliphatic rings. The first-order valence-electron chi connectivity index (χ1n) is 5.53. The van der Waals surface area contributed by atoms with E-state index in [1.54, 1.807) is 12.1 Å². The average molecular weight is 255 g/mol. The highest BCUT2D eigenvalue weighted by Gasteiger charge is 2.23. The number of nitrogens with one attached hydrogen (secondary N) is 1. The normalized spacial score (nSPS) is 12.6. The zero-order valence-electron chi connectivity index (χ0n) is 9.97. The van der Waals surface area contributed by atoms with Crippen molar-refractivity contribution in [3.05, 3.63) is 22.4 Å². The van der Waals surface area contributed by atoms with E-state index in [1.807, 2.05) is 19.2 Å². The predicted molar refractivity (Wildman–Crippen MR) is 67.5 cm³/mol. The van der Waals surface area contributed by atoms with Crippen molar-refractivity contribution >= 4 is 23.1 Å². The molecule has 4 nitrogen and oxygen atoms in total. The number of carboxylic acid groups (broad SMARTS) is 1. The van der Waals surface area contributed by atoms with Crippen molar-refractivity contribution in [3.8, 4) is 0 Å². The highest BCUT2D eigenvalue weighted by Crippen LogP contribution is 2.13. The summed E-state index contributed by atoms with van der Waals surface area (Å²) in [5.41, 5.74) is 0. The fourth-order valence-corrected chi connectivity index (χ4v) is 2.12. The Morgan fingerprint density at radius 2 is 2.18 bits per heavy atom. The van der Waals surface area contributed by atoms with E-state index in [9.17, 15) is 9.59 Å². The van der Waals surface area contributed by atoms with Crippen LogP contribution >= 0.6 is 11.3 Å². The van der Waals surface area contributed by atoms with Crippen LogP contribution in [0.2, 0.25) is 0 Å². The van der Waals surface area contributed by atoms with Crippen LogP contribution in [0.25, 0.3) is 0 Å². The van der Waals surface area contributed by atoms with Gasteiger partial charge in [-0.05, 0) is 23.9 Å². The van der Waals surface area contributed by atoms with Crippen LogP contribution in [0.3, 0.4) is 0 Å². The molecule has 0 radical (unpaired) electrons. The van der Waals surface area contributed by atoms with Crippen molar-refractivity contribution < 1.29 is 14.7 Å². The van der Waals surface area contributed by atoms with E-state index in [-0.39, 0.29) is 12.2 Å². The maximum absolute atomic E-state index is 12.0. The second-order valence-electron chi connectivity index (χ2n) is 4.29. The third-order valence-electron chi connectivity index (χ3n) is 2.23. The molecular formula is C12H17NO3S. The summed E-state index contributed by atoms with van der Waals surface area (Å²) < 4.78 is 0. The van der Waals surface area contributed by atoms with Crippen molar-refractivity contribution in [1.82, 2.24) is 5.32 Å². The molecule has 0 spiro atoms. The average Bonchev–Trinajstić information content (AvgIpc) is 2.75. The van der Waals surface area contributed by atoms with Crippen LogP contribution in [-0.4, -0.2) is 29.4 Å².